The molecule has 0 aliphatic carbocycles. The fourth-order valence-corrected chi connectivity index (χ4v) is 3.18. The van der Waals surface area contributed by atoms with Crippen molar-refractivity contribution in [2.24, 2.45) is 0 Å². The summed E-state index contributed by atoms with van der Waals surface area (Å²) < 4.78 is 1.19. The van der Waals surface area contributed by atoms with Crippen LogP contribution in [-0.4, -0.2) is 36.1 Å². The first-order valence-electron chi connectivity index (χ1n) is 4.80. The Hall–Kier alpha value is 0.0300. The number of aryl methyl sites for hydroxylation is 1. The van der Waals surface area contributed by atoms with Gasteiger partial charge in [0.1, 0.15) is 0 Å². The number of rotatable bonds is 2. The van der Waals surface area contributed by atoms with E-state index < -0.39 is 0 Å². The standard InChI is InChI=1S/C9H14BrN3S/c1-7-12-8(9(10)14-7)6-13-4-2-11-3-5-13/h11H,2-6H2,1H3. The van der Waals surface area contributed by atoms with Gasteiger partial charge in [-0.2, -0.15) is 0 Å². The van der Waals surface area contributed by atoms with Crippen molar-refractivity contribution in [2.75, 3.05) is 26.2 Å². The van der Waals surface area contributed by atoms with Gasteiger partial charge < -0.3 is 5.32 Å². The zero-order valence-corrected chi connectivity index (χ0v) is 10.6. The number of aromatic nitrogens is 1. The van der Waals surface area contributed by atoms with Crippen molar-refractivity contribution in [1.29, 1.82) is 0 Å². The second kappa shape index (κ2) is 4.70. The van der Waals surface area contributed by atoms with Gasteiger partial charge in [-0.1, -0.05) is 0 Å². The van der Waals surface area contributed by atoms with Gasteiger partial charge in [-0.05, 0) is 22.9 Å². The summed E-state index contributed by atoms with van der Waals surface area (Å²) in [5, 5.41) is 4.49. The van der Waals surface area contributed by atoms with Crippen LogP contribution in [0.3, 0.4) is 0 Å². The molecule has 0 radical (unpaired) electrons. The van der Waals surface area contributed by atoms with Gasteiger partial charge >= 0.3 is 0 Å². The van der Waals surface area contributed by atoms with Gasteiger partial charge in [0.05, 0.1) is 14.5 Å². The van der Waals surface area contributed by atoms with Crippen LogP contribution in [0.4, 0.5) is 0 Å². The quantitative estimate of drug-likeness (QED) is 0.889. The normalized spacial score (nSPS) is 18.7. The van der Waals surface area contributed by atoms with Crippen molar-refractivity contribution in [3.05, 3.63) is 14.5 Å². The Morgan fingerprint density at radius 1 is 1.50 bits per heavy atom. The molecule has 1 N–H and O–H groups in total. The molecule has 14 heavy (non-hydrogen) atoms. The summed E-state index contributed by atoms with van der Waals surface area (Å²) in [6.45, 7) is 7.48. The lowest BCUT2D eigenvalue weighted by Gasteiger charge is -2.26. The molecule has 0 saturated carbocycles. The predicted octanol–water partition coefficient (Wildman–Crippen LogP) is 1.62. The molecular formula is C9H14BrN3S. The van der Waals surface area contributed by atoms with E-state index in [0.717, 1.165) is 37.7 Å². The molecule has 2 rings (SSSR count). The van der Waals surface area contributed by atoms with Crippen LogP contribution in [0.15, 0.2) is 3.79 Å². The number of thiazole rings is 1. The minimum Gasteiger partial charge on any atom is -0.314 e. The van der Waals surface area contributed by atoms with Crippen LogP contribution >= 0.6 is 27.3 Å². The van der Waals surface area contributed by atoms with Crippen LogP contribution in [0.25, 0.3) is 0 Å². The Balaban J connectivity index is 1.98. The Morgan fingerprint density at radius 3 is 2.79 bits per heavy atom. The smallest absolute Gasteiger partial charge is 0.0945 e. The van der Waals surface area contributed by atoms with E-state index in [2.05, 4.69) is 38.1 Å². The highest BCUT2D eigenvalue weighted by Gasteiger charge is 2.13. The summed E-state index contributed by atoms with van der Waals surface area (Å²) in [6.07, 6.45) is 0. The molecule has 3 nitrogen and oxygen atoms in total. The monoisotopic (exact) mass is 275 g/mol. The van der Waals surface area contributed by atoms with Crippen LogP contribution in [-0.2, 0) is 6.54 Å². The number of nitrogens with one attached hydrogen (secondary N) is 1. The lowest BCUT2D eigenvalue weighted by molar-refractivity contribution is 0.230. The van der Waals surface area contributed by atoms with E-state index in [-0.39, 0.29) is 0 Å². The van der Waals surface area contributed by atoms with E-state index in [0.29, 0.717) is 0 Å². The van der Waals surface area contributed by atoms with Crippen LogP contribution in [0, 0.1) is 6.92 Å². The molecule has 0 spiro atoms. The number of nitrogens with zero attached hydrogens (tertiary/aromatic N) is 2. The fourth-order valence-electron chi connectivity index (χ4n) is 1.62. The molecule has 0 bridgehead atoms. The fraction of sp³-hybridized carbons (Fsp3) is 0.667. The molecule has 1 saturated heterocycles. The number of halogens is 1. The number of piperazine rings is 1. The van der Waals surface area contributed by atoms with Crippen LogP contribution in [0.5, 0.6) is 0 Å². The Bertz CT molecular complexity index is 307. The van der Waals surface area contributed by atoms with Crippen molar-refractivity contribution in [2.45, 2.75) is 13.5 Å². The minimum atomic E-state index is 0.979. The summed E-state index contributed by atoms with van der Waals surface area (Å²) >= 11 is 5.28. The molecular weight excluding hydrogens is 262 g/mol. The maximum absolute atomic E-state index is 4.51. The van der Waals surface area contributed by atoms with Gasteiger partial charge in [-0.25, -0.2) is 4.98 Å². The molecule has 5 heteroatoms. The second-order valence-corrected chi connectivity index (χ2v) is 6.00. The van der Waals surface area contributed by atoms with E-state index in [1.165, 1.54) is 9.48 Å². The Kier molecular flexibility index (Phi) is 3.54. The summed E-state index contributed by atoms with van der Waals surface area (Å²) in [4.78, 5) is 6.95. The van der Waals surface area contributed by atoms with E-state index in [9.17, 15) is 0 Å². The zero-order valence-electron chi connectivity index (χ0n) is 8.22. The van der Waals surface area contributed by atoms with Gasteiger partial charge in [0.15, 0.2) is 0 Å². The van der Waals surface area contributed by atoms with Crippen molar-refractivity contribution < 1.29 is 0 Å². The first kappa shape index (κ1) is 10.5. The molecule has 2 heterocycles. The van der Waals surface area contributed by atoms with E-state index in [1.54, 1.807) is 11.3 Å². The average Bonchev–Trinajstić information content (AvgIpc) is 2.47. The van der Waals surface area contributed by atoms with Crippen molar-refractivity contribution in [3.63, 3.8) is 0 Å². The average molecular weight is 276 g/mol. The molecule has 1 aliphatic heterocycles. The summed E-state index contributed by atoms with van der Waals surface area (Å²) in [5.74, 6) is 0. The highest BCUT2D eigenvalue weighted by molar-refractivity contribution is 9.11. The molecule has 0 amide bonds. The third-order valence-electron chi connectivity index (χ3n) is 2.34. The predicted molar refractivity (Wildman–Crippen MR) is 62.7 cm³/mol. The molecule has 1 aliphatic rings. The summed E-state index contributed by atoms with van der Waals surface area (Å²) in [7, 11) is 0. The molecule has 78 valence electrons. The highest BCUT2D eigenvalue weighted by atomic mass is 79.9. The third-order valence-corrected chi connectivity index (χ3v) is 4.08. The topological polar surface area (TPSA) is 28.2 Å². The molecule has 0 atom stereocenters. The molecule has 0 aromatic carbocycles. The van der Waals surface area contributed by atoms with Gasteiger partial charge in [0.25, 0.3) is 0 Å². The van der Waals surface area contributed by atoms with Gasteiger partial charge in [-0.15, -0.1) is 11.3 Å². The summed E-state index contributed by atoms with van der Waals surface area (Å²) in [5.41, 5.74) is 1.19. The van der Waals surface area contributed by atoms with Crippen LogP contribution in [0.2, 0.25) is 0 Å². The molecule has 1 fully saturated rings. The third kappa shape index (κ3) is 2.53. The van der Waals surface area contributed by atoms with Crippen LogP contribution < -0.4 is 5.32 Å². The lowest BCUT2D eigenvalue weighted by Crippen LogP contribution is -2.43. The number of hydrogen-bond acceptors (Lipinski definition) is 4. The highest BCUT2D eigenvalue weighted by Crippen LogP contribution is 2.25. The first-order valence-corrected chi connectivity index (χ1v) is 6.41. The second-order valence-electron chi connectivity index (χ2n) is 3.48. The maximum Gasteiger partial charge on any atom is 0.0945 e. The zero-order chi connectivity index (χ0) is 9.97. The molecule has 0 unspecified atom stereocenters. The first-order chi connectivity index (χ1) is 6.75. The minimum absolute atomic E-state index is 0.979. The van der Waals surface area contributed by atoms with E-state index in [4.69, 9.17) is 0 Å². The van der Waals surface area contributed by atoms with E-state index >= 15 is 0 Å². The van der Waals surface area contributed by atoms with Crippen molar-refractivity contribution in [1.82, 2.24) is 15.2 Å². The van der Waals surface area contributed by atoms with Gasteiger partial charge in [0, 0.05) is 32.7 Å². The molecule has 1 aromatic heterocycles. The Labute approximate surface area is 96.7 Å². The Morgan fingerprint density at radius 2 is 2.21 bits per heavy atom. The molecule has 1 aromatic rings. The van der Waals surface area contributed by atoms with Gasteiger partial charge in [-0.3, -0.25) is 4.90 Å². The maximum atomic E-state index is 4.51. The summed E-state index contributed by atoms with van der Waals surface area (Å²) in [6, 6.07) is 0. The number of hydrogen-bond donors (Lipinski definition) is 1. The van der Waals surface area contributed by atoms with Gasteiger partial charge in [0.2, 0.25) is 0 Å². The van der Waals surface area contributed by atoms with Crippen molar-refractivity contribution >= 4 is 27.3 Å². The van der Waals surface area contributed by atoms with E-state index in [1.807, 2.05) is 0 Å². The SMILES string of the molecule is Cc1nc(CN2CCNCC2)c(Br)s1. The van der Waals surface area contributed by atoms with Crippen molar-refractivity contribution in [3.8, 4) is 0 Å². The van der Waals surface area contributed by atoms with Crippen LogP contribution in [0.1, 0.15) is 10.7 Å². The lowest BCUT2D eigenvalue weighted by atomic mass is 10.3. The largest absolute Gasteiger partial charge is 0.314 e.